The van der Waals surface area contributed by atoms with Gasteiger partial charge in [0.05, 0.1) is 6.54 Å². The van der Waals surface area contributed by atoms with Crippen molar-refractivity contribution in [2.45, 2.75) is 40.3 Å². The SMILES string of the molecule is Cc1ccc(CNCC(=O)NC(C)C)c(C)c1. The Kier molecular flexibility index (Phi) is 5.16. The largest absolute Gasteiger partial charge is 0.353 e. The maximum Gasteiger partial charge on any atom is 0.234 e. The highest BCUT2D eigenvalue weighted by Crippen LogP contribution is 2.09. The smallest absolute Gasteiger partial charge is 0.234 e. The van der Waals surface area contributed by atoms with Gasteiger partial charge < -0.3 is 10.6 Å². The van der Waals surface area contributed by atoms with Crippen LogP contribution in [0.15, 0.2) is 18.2 Å². The third-order valence-corrected chi connectivity index (χ3v) is 2.55. The van der Waals surface area contributed by atoms with Crippen molar-refractivity contribution in [1.29, 1.82) is 0 Å². The van der Waals surface area contributed by atoms with Crippen LogP contribution in [-0.2, 0) is 11.3 Å². The minimum absolute atomic E-state index is 0.0461. The molecule has 0 radical (unpaired) electrons. The third-order valence-electron chi connectivity index (χ3n) is 2.55. The highest BCUT2D eigenvalue weighted by Gasteiger charge is 2.03. The number of benzene rings is 1. The second-order valence-corrected chi connectivity index (χ2v) is 4.76. The van der Waals surface area contributed by atoms with Crippen LogP contribution >= 0.6 is 0 Å². The lowest BCUT2D eigenvalue weighted by Crippen LogP contribution is -2.37. The van der Waals surface area contributed by atoms with Crippen LogP contribution in [0.1, 0.15) is 30.5 Å². The van der Waals surface area contributed by atoms with Crippen molar-refractivity contribution >= 4 is 5.91 Å². The molecule has 0 aliphatic carbocycles. The summed E-state index contributed by atoms with van der Waals surface area (Å²) in [5.41, 5.74) is 3.78. The zero-order valence-electron chi connectivity index (χ0n) is 11.1. The topological polar surface area (TPSA) is 41.1 Å². The van der Waals surface area contributed by atoms with Gasteiger partial charge in [0.1, 0.15) is 0 Å². The van der Waals surface area contributed by atoms with Crippen LogP contribution in [0.3, 0.4) is 0 Å². The quantitative estimate of drug-likeness (QED) is 0.817. The van der Waals surface area contributed by atoms with Crippen molar-refractivity contribution in [3.63, 3.8) is 0 Å². The van der Waals surface area contributed by atoms with Gasteiger partial charge in [-0.25, -0.2) is 0 Å². The van der Waals surface area contributed by atoms with Crippen molar-refractivity contribution < 1.29 is 4.79 Å². The average molecular weight is 234 g/mol. The molecule has 1 amide bonds. The van der Waals surface area contributed by atoms with Crippen molar-refractivity contribution in [2.75, 3.05) is 6.54 Å². The summed E-state index contributed by atoms with van der Waals surface area (Å²) in [7, 11) is 0. The van der Waals surface area contributed by atoms with E-state index in [-0.39, 0.29) is 11.9 Å². The van der Waals surface area contributed by atoms with Gasteiger partial charge in [0.2, 0.25) is 5.91 Å². The van der Waals surface area contributed by atoms with Crippen molar-refractivity contribution in [2.24, 2.45) is 0 Å². The van der Waals surface area contributed by atoms with Crippen LogP contribution in [0.4, 0.5) is 0 Å². The third kappa shape index (κ3) is 5.00. The number of aryl methyl sites for hydroxylation is 2. The Labute approximate surface area is 104 Å². The molecule has 1 rings (SSSR count). The lowest BCUT2D eigenvalue weighted by Gasteiger charge is -2.10. The highest BCUT2D eigenvalue weighted by atomic mass is 16.1. The number of nitrogens with one attached hydrogen (secondary N) is 2. The first-order chi connectivity index (χ1) is 7.99. The zero-order valence-corrected chi connectivity index (χ0v) is 11.1. The maximum atomic E-state index is 11.4. The fourth-order valence-corrected chi connectivity index (χ4v) is 1.73. The van der Waals surface area contributed by atoms with Crippen LogP contribution in [0.5, 0.6) is 0 Å². The van der Waals surface area contributed by atoms with Crippen LogP contribution in [-0.4, -0.2) is 18.5 Å². The molecule has 3 nitrogen and oxygen atoms in total. The van der Waals surface area contributed by atoms with Gasteiger partial charge in [-0.15, -0.1) is 0 Å². The molecule has 0 fully saturated rings. The fraction of sp³-hybridized carbons (Fsp3) is 0.500. The second-order valence-electron chi connectivity index (χ2n) is 4.76. The van der Waals surface area contributed by atoms with Gasteiger partial charge in [-0.2, -0.15) is 0 Å². The van der Waals surface area contributed by atoms with Gasteiger partial charge in [0.15, 0.2) is 0 Å². The van der Waals surface area contributed by atoms with Gasteiger partial charge in [-0.1, -0.05) is 23.8 Å². The molecule has 0 aliphatic heterocycles. The fourth-order valence-electron chi connectivity index (χ4n) is 1.73. The minimum atomic E-state index is 0.0461. The first-order valence-corrected chi connectivity index (χ1v) is 6.05. The van der Waals surface area contributed by atoms with E-state index in [0.717, 1.165) is 6.54 Å². The Morgan fingerprint density at radius 2 is 2.00 bits per heavy atom. The van der Waals surface area contributed by atoms with E-state index in [1.807, 2.05) is 13.8 Å². The average Bonchev–Trinajstić information content (AvgIpc) is 2.20. The Balaban J connectivity index is 2.38. The highest BCUT2D eigenvalue weighted by molar-refractivity contribution is 5.78. The molecular formula is C14H22N2O. The first kappa shape index (κ1) is 13.7. The maximum absolute atomic E-state index is 11.4. The van der Waals surface area contributed by atoms with Crippen molar-refractivity contribution in [3.05, 3.63) is 34.9 Å². The van der Waals surface area contributed by atoms with E-state index < -0.39 is 0 Å². The monoisotopic (exact) mass is 234 g/mol. The summed E-state index contributed by atoms with van der Waals surface area (Å²) in [5, 5.41) is 6.01. The van der Waals surface area contributed by atoms with Gasteiger partial charge >= 0.3 is 0 Å². The molecule has 0 saturated heterocycles. The van der Waals surface area contributed by atoms with Crippen LogP contribution in [0, 0.1) is 13.8 Å². The summed E-state index contributed by atoms with van der Waals surface area (Å²) < 4.78 is 0. The molecule has 0 bridgehead atoms. The van der Waals surface area contributed by atoms with Gasteiger partial charge in [0.25, 0.3) is 0 Å². The lowest BCUT2D eigenvalue weighted by molar-refractivity contribution is -0.120. The molecular weight excluding hydrogens is 212 g/mol. The molecule has 94 valence electrons. The van der Waals surface area contributed by atoms with E-state index in [4.69, 9.17) is 0 Å². The molecule has 3 heteroatoms. The molecule has 0 aromatic heterocycles. The van der Waals surface area contributed by atoms with Crippen LogP contribution in [0.2, 0.25) is 0 Å². The molecule has 0 spiro atoms. The standard InChI is InChI=1S/C14H22N2O/c1-10(2)16-14(17)9-15-8-13-6-5-11(3)7-12(13)4/h5-7,10,15H,8-9H2,1-4H3,(H,16,17). The normalized spacial score (nSPS) is 10.6. The molecule has 0 saturated carbocycles. The molecule has 0 unspecified atom stereocenters. The summed E-state index contributed by atoms with van der Waals surface area (Å²) in [4.78, 5) is 11.4. The number of hydrogen-bond donors (Lipinski definition) is 2. The summed E-state index contributed by atoms with van der Waals surface area (Å²) in [6.07, 6.45) is 0. The Bertz CT molecular complexity index is 386. The van der Waals surface area contributed by atoms with E-state index in [9.17, 15) is 4.79 Å². The predicted octanol–water partition coefficient (Wildman–Crippen LogP) is 1.92. The molecule has 0 atom stereocenters. The van der Waals surface area contributed by atoms with Gasteiger partial charge in [-0.3, -0.25) is 4.79 Å². The van der Waals surface area contributed by atoms with Crippen molar-refractivity contribution in [1.82, 2.24) is 10.6 Å². The Morgan fingerprint density at radius 3 is 2.59 bits per heavy atom. The predicted molar refractivity (Wildman–Crippen MR) is 70.9 cm³/mol. The molecule has 17 heavy (non-hydrogen) atoms. The van der Waals surface area contributed by atoms with E-state index in [1.165, 1.54) is 16.7 Å². The van der Waals surface area contributed by atoms with Crippen LogP contribution < -0.4 is 10.6 Å². The van der Waals surface area contributed by atoms with Gasteiger partial charge in [-0.05, 0) is 38.8 Å². The van der Waals surface area contributed by atoms with E-state index in [2.05, 4.69) is 42.7 Å². The number of rotatable bonds is 5. The van der Waals surface area contributed by atoms with E-state index in [0.29, 0.717) is 6.54 Å². The number of carbonyl (C=O) groups is 1. The minimum Gasteiger partial charge on any atom is -0.353 e. The Morgan fingerprint density at radius 1 is 1.29 bits per heavy atom. The summed E-state index contributed by atoms with van der Waals surface area (Å²) in [6, 6.07) is 6.56. The van der Waals surface area contributed by atoms with Gasteiger partial charge in [0, 0.05) is 12.6 Å². The first-order valence-electron chi connectivity index (χ1n) is 6.05. The lowest BCUT2D eigenvalue weighted by atomic mass is 10.1. The molecule has 0 aliphatic rings. The molecule has 1 aromatic carbocycles. The zero-order chi connectivity index (χ0) is 12.8. The molecule has 0 heterocycles. The summed E-state index contributed by atoms with van der Waals surface area (Å²) in [6.45, 7) is 9.20. The number of hydrogen-bond acceptors (Lipinski definition) is 2. The van der Waals surface area contributed by atoms with E-state index >= 15 is 0 Å². The second kappa shape index (κ2) is 6.40. The number of carbonyl (C=O) groups excluding carboxylic acids is 1. The summed E-state index contributed by atoms with van der Waals surface area (Å²) >= 11 is 0. The molecule has 1 aromatic rings. The van der Waals surface area contributed by atoms with Crippen molar-refractivity contribution in [3.8, 4) is 0 Å². The summed E-state index contributed by atoms with van der Waals surface area (Å²) in [5.74, 6) is 0.0461. The Hall–Kier alpha value is -1.35. The van der Waals surface area contributed by atoms with Crippen LogP contribution in [0.25, 0.3) is 0 Å². The molecule has 2 N–H and O–H groups in total. The van der Waals surface area contributed by atoms with E-state index in [1.54, 1.807) is 0 Å². The number of amides is 1.